The molecule has 0 saturated carbocycles. The van der Waals surface area contributed by atoms with Crippen LogP contribution in [0.15, 0.2) is 0 Å². The van der Waals surface area contributed by atoms with Crippen LogP contribution in [0.25, 0.3) is 0 Å². The molecule has 1 saturated heterocycles. The van der Waals surface area contributed by atoms with Crippen LogP contribution in [0.3, 0.4) is 0 Å². The minimum absolute atomic E-state index is 0.658. The number of hydrogen-bond acceptors (Lipinski definition) is 4. The van der Waals surface area contributed by atoms with Gasteiger partial charge in [0, 0.05) is 49.9 Å². The van der Waals surface area contributed by atoms with E-state index in [2.05, 4.69) is 35.8 Å². The van der Waals surface area contributed by atoms with Gasteiger partial charge in [0.2, 0.25) is 0 Å². The summed E-state index contributed by atoms with van der Waals surface area (Å²) in [6.07, 6.45) is 1.12. The molecule has 1 heterocycles. The zero-order chi connectivity index (χ0) is 12.5. The molecule has 17 heavy (non-hydrogen) atoms. The van der Waals surface area contributed by atoms with Crippen LogP contribution in [0.4, 0.5) is 0 Å². The molecule has 2 atom stereocenters. The van der Waals surface area contributed by atoms with E-state index in [9.17, 15) is 0 Å². The summed E-state index contributed by atoms with van der Waals surface area (Å²) in [7, 11) is 0. The molecule has 3 nitrogen and oxygen atoms in total. The third kappa shape index (κ3) is 6.65. The Labute approximate surface area is 111 Å². The Bertz CT molecular complexity index is 192. The largest absolute Gasteiger partial charge is 0.382 e. The molecular formula is C13H28N2OS. The zero-order valence-corrected chi connectivity index (χ0v) is 12.4. The minimum Gasteiger partial charge on any atom is -0.382 e. The van der Waals surface area contributed by atoms with Crippen LogP contribution in [0.2, 0.25) is 0 Å². The number of hydrogen-bond donors (Lipinski definition) is 1. The average molecular weight is 260 g/mol. The lowest BCUT2D eigenvalue weighted by Gasteiger charge is -2.35. The second-order valence-electron chi connectivity index (χ2n) is 4.78. The van der Waals surface area contributed by atoms with Crippen LogP contribution in [0.1, 0.15) is 27.2 Å². The molecule has 0 aromatic carbocycles. The number of rotatable bonds is 8. The van der Waals surface area contributed by atoms with Gasteiger partial charge in [0.05, 0.1) is 0 Å². The van der Waals surface area contributed by atoms with Gasteiger partial charge in [0.15, 0.2) is 0 Å². The molecule has 0 radical (unpaired) electrons. The fraction of sp³-hybridized carbons (Fsp3) is 1.00. The standard InChI is InChI=1S/C13H28N2OS/c1-4-16-8-5-6-14-10-12(2)15-7-9-17-13(3)11-15/h12-14H,4-11H2,1-3H3. The Kier molecular flexibility index (Phi) is 8.27. The summed E-state index contributed by atoms with van der Waals surface area (Å²) in [5.74, 6) is 1.29. The SMILES string of the molecule is CCOCCCNCC(C)N1CCSC(C)C1. The maximum atomic E-state index is 5.32. The quantitative estimate of drug-likeness (QED) is 0.673. The lowest BCUT2D eigenvalue weighted by Crippen LogP contribution is -2.46. The van der Waals surface area contributed by atoms with Crippen molar-refractivity contribution in [1.82, 2.24) is 10.2 Å². The summed E-state index contributed by atoms with van der Waals surface area (Å²) in [5.41, 5.74) is 0. The van der Waals surface area contributed by atoms with Gasteiger partial charge in [0.25, 0.3) is 0 Å². The highest BCUT2D eigenvalue weighted by molar-refractivity contribution is 7.99. The molecule has 0 spiro atoms. The molecule has 1 aliphatic rings. The molecule has 0 aliphatic carbocycles. The molecule has 0 amide bonds. The van der Waals surface area contributed by atoms with Crippen molar-refractivity contribution in [2.45, 2.75) is 38.5 Å². The fourth-order valence-corrected chi connectivity index (χ4v) is 3.17. The molecule has 1 N–H and O–H groups in total. The Hall–Kier alpha value is 0.230. The third-order valence-electron chi connectivity index (χ3n) is 3.18. The summed E-state index contributed by atoms with van der Waals surface area (Å²) in [6.45, 7) is 13.1. The number of nitrogens with zero attached hydrogens (tertiary/aromatic N) is 1. The summed E-state index contributed by atoms with van der Waals surface area (Å²) in [5, 5.41) is 4.32. The number of thioether (sulfide) groups is 1. The molecule has 1 aliphatic heterocycles. The van der Waals surface area contributed by atoms with Gasteiger partial charge in [-0.2, -0.15) is 11.8 Å². The van der Waals surface area contributed by atoms with Crippen molar-refractivity contribution >= 4 is 11.8 Å². The Balaban J connectivity index is 2.02. The summed E-state index contributed by atoms with van der Waals surface area (Å²) in [6, 6.07) is 0.658. The van der Waals surface area contributed by atoms with Crippen molar-refractivity contribution in [3.05, 3.63) is 0 Å². The Morgan fingerprint density at radius 1 is 1.53 bits per heavy atom. The van der Waals surface area contributed by atoms with Crippen molar-refractivity contribution < 1.29 is 4.74 Å². The normalized spacial score (nSPS) is 23.8. The fourth-order valence-electron chi connectivity index (χ4n) is 2.13. The van der Waals surface area contributed by atoms with Crippen molar-refractivity contribution in [3.8, 4) is 0 Å². The highest BCUT2D eigenvalue weighted by Crippen LogP contribution is 2.19. The predicted molar refractivity (Wildman–Crippen MR) is 76.9 cm³/mol. The van der Waals surface area contributed by atoms with Crippen LogP contribution < -0.4 is 5.32 Å². The van der Waals surface area contributed by atoms with Crippen molar-refractivity contribution in [2.24, 2.45) is 0 Å². The highest BCUT2D eigenvalue weighted by atomic mass is 32.2. The molecule has 1 fully saturated rings. The van der Waals surface area contributed by atoms with E-state index in [4.69, 9.17) is 4.74 Å². The van der Waals surface area contributed by atoms with E-state index in [0.717, 1.165) is 38.0 Å². The first kappa shape index (κ1) is 15.3. The van der Waals surface area contributed by atoms with E-state index < -0.39 is 0 Å². The molecule has 1 rings (SSSR count). The first-order valence-corrected chi connectivity index (χ1v) is 7.93. The lowest BCUT2D eigenvalue weighted by atomic mass is 10.2. The van der Waals surface area contributed by atoms with Gasteiger partial charge in [-0.05, 0) is 26.8 Å². The van der Waals surface area contributed by atoms with Crippen LogP contribution >= 0.6 is 11.8 Å². The van der Waals surface area contributed by atoms with Gasteiger partial charge in [-0.3, -0.25) is 4.90 Å². The van der Waals surface area contributed by atoms with E-state index in [1.54, 1.807) is 0 Å². The van der Waals surface area contributed by atoms with Crippen LogP contribution in [-0.4, -0.2) is 61.3 Å². The molecule has 0 aromatic rings. The van der Waals surface area contributed by atoms with E-state index in [0.29, 0.717) is 6.04 Å². The zero-order valence-electron chi connectivity index (χ0n) is 11.6. The van der Waals surface area contributed by atoms with E-state index in [-0.39, 0.29) is 0 Å². The van der Waals surface area contributed by atoms with Gasteiger partial charge in [0.1, 0.15) is 0 Å². The highest BCUT2D eigenvalue weighted by Gasteiger charge is 2.20. The Morgan fingerprint density at radius 2 is 2.35 bits per heavy atom. The van der Waals surface area contributed by atoms with Crippen LogP contribution in [0, 0.1) is 0 Å². The second-order valence-corrected chi connectivity index (χ2v) is 6.33. The molecular weight excluding hydrogens is 232 g/mol. The first-order valence-electron chi connectivity index (χ1n) is 6.88. The molecule has 4 heteroatoms. The van der Waals surface area contributed by atoms with Gasteiger partial charge >= 0.3 is 0 Å². The van der Waals surface area contributed by atoms with Crippen molar-refractivity contribution in [3.63, 3.8) is 0 Å². The first-order chi connectivity index (χ1) is 8.24. The average Bonchev–Trinajstić information content (AvgIpc) is 2.33. The smallest absolute Gasteiger partial charge is 0.0477 e. The van der Waals surface area contributed by atoms with Gasteiger partial charge in [-0.15, -0.1) is 0 Å². The second kappa shape index (κ2) is 9.20. The molecule has 102 valence electrons. The Morgan fingerprint density at radius 3 is 3.06 bits per heavy atom. The molecule has 2 unspecified atom stereocenters. The minimum atomic E-state index is 0.658. The predicted octanol–water partition coefficient (Wildman–Crippen LogP) is 1.83. The lowest BCUT2D eigenvalue weighted by molar-refractivity contribution is 0.143. The topological polar surface area (TPSA) is 24.5 Å². The van der Waals surface area contributed by atoms with Gasteiger partial charge < -0.3 is 10.1 Å². The molecule has 0 aromatic heterocycles. The van der Waals surface area contributed by atoms with E-state index in [1.165, 1.54) is 18.8 Å². The van der Waals surface area contributed by atoms with E-state index >= 15 is 0 Å². The summed E-state index contributed by atoms with van der Waals surface area (Å²) < 4.78 is 5.32. The summed E-state index contributed by atoms with van der Waals surface area (Å²) >= 11 is 2.10. The maximum Gasteiger partial charge on any atom is 0.0477 e. The van der Waals surface area contributed by atoms with Gasteiger partial charge in [-0.25, -0.2) is 0 Å². The number of ether oxygens (including phenoxy) is 1. The van der Waals surface area contributed by atoms with Crippen molar-refractivity contribution in [2.75, 3.05) is 45.1 Å². The van der Waals surface area contributed by atoms with Crippen molar-refractivity contribution in [1.29, 1.82) is 0 Å². The van der Waals surface area contributed by atoms with E-state index in [1.807, 2.05) is 6.92 Å². The third-order valence-corrected chi connectivity index (χ3v) is 4.32. The molecule has 0 bridgehead atoms. The van der Waals surface area contributed by atoms with Gasteiger partial charge in [-0.1, -0.05) is 6.92 Å². The van der Waals surface area contributed by atoms with Crippen LogP contribution in [-0.2, 0) is 4.74 Å². The summed E-state index contributed by atoms with van der Waals surface area (Å²) in [4.78, 5) is 2.61. The number of nitrogens with one attached hydrogen (secondary N) is 1. The monoisotopic (exact) mass is 260 g/mol. The van der Waals surface area contributed by atoms with Crippen LogP contribution in [0.5, 0.6) is 0 Å². The maximum absolute atomic E-state index is 5.32.